The fourth-order valence-electron chi connectivity index (χ4n) is 2.92. The number of piperidine rings is 1. The van der Waals surface area contributed by atoms with Crippen LogP contribution in [0, 0.1) is 13.8 Å². The molecule has 2 aliphatic heterocycles. The second-order valence-electron chi connectivity index (χ2n) is 5.34. The number of hydrogen-bond donors (Lipinski definition) is 1. The number of carbonyl (C=O) groups is 3. The van der Waals surface area contributed by atoms with Gasteiger partial charge in [-0.05, 0) is 43.0 Å². The first kappa shape index (κ1) is 12.8. The maximum Gasteiger partial charge on any atom is 0.255 e. The third kappa shape index (κ3) is 1.90. The van der Waals surface area contributed by atoms with Crippen molar-refractivity contribution in [2.75, 3.05) is 0 Å². The SMILES string of the molecule is [CH2]c1cc(C)c2c(c1)C(=O)N(C1CCC(=O)NC1=O)C2. The molecule has 0 aromatic heterocycles. The highest BCUT2D eigenvalue weighted by molar-refractivity contribution is 6.05. The maximum atomic E-state index is 12.5. The van der Waals surface area contributed by atoms with Crippen molar-refractivity contribution in [3.05, 3.63) is 41.3 Å². The minimum atomic E-state index is -0.555. The van der Waals surface area contributed by atoms with Crippen molar-refractivity contribution in [3.8, 4) is 0 Å². The Bertz CT molecular complexity index is 636. The molecule has 1 aromatic rings. The Morgan fingerprint density at radius 3 is 2.75 bits per heavy atom. The number of imide groups is 1. The number of amides is 3. The highest BCUT2D eigenvalue weighted by atomic mass is 16.2. The summed E-state index contributed by atoms with van der Waals surface area (Å²) in [6, 6.07) is 3.14. The third-order valence-electron chi connectivity index (χ3n) is 3.94. The van der Waals surface area contributed by atoms with Crippen molar-refractivity contribution in [3.63, 3.8) is 0 Å². The lowest BCUT2D eigenvalue weighted by Crippen LogP contribution is -2.52. The summed E-state index contributed by atoms with van der Waals surface area (Å²) >= 11 is 0. The second-order valence-corrected chi connectivity index (χ2v) is 5.34. The number of hydrogen-bond acceptors (Lipinski definition) is 3. The molecule has 20 heavy (non-hydrogen) atoms. The highest BCUT2D eigenvalue weighted by Crippen LogP contribution is 2.30. The first-order valence-corrected chi connectivity index (χ1v) is 6.57. The van der Waals surface area contributed by atoms with Gasteiger partial charge in [-0.2, -0.15) is 0 Å². The average Bonchev–Trinajstić information content (AvgIpc) is 2.68. The molecule has 5 nitrogen and oxygen atoms in total. The minimum Gasteiger partial charge on any atom is -0.322 e. The predicted molar refractivity (Wildman–Crippen MR) is 71.7 cm³/mol. The van der Waals surface area contributed by atoms with Gasteiger partial charge >= 0.3 is 0 Å². The molecule has 1 atom stereocenters. The van der Waals surface area contributed by atoms with Crippen molar-refractivity contribution in [1.82, 2.24) is 10.2 Å². The van der Waals surface area contributed by atoms with Gasteiger partial charge < -0.3 is 4.90 Å². The zero-order valence-corrected chi connectivity index (χ0v) is 11.2. The van der Waals surface area contributed by atoms with E-state index in [0.717, 1.165) is 16.7 Å². The van der Waals surface area contributed by atoms with E-state index >= 15 is 0 Å². The molecule has 3 amide bonds. The monoisotopic (exact) mass is 271 g/mol. The average molecular weight is 271 g/mol. The number of aryl methyl sites for hydroxylation is 1. The number of nitrogens with one attached hydrogen (secondary N) is 1. The summed E-state index contributed by atoms with van der Waals surface area (Å²) < 4.78 is 0. The van der Waals surface area contributed by atoms with Gasteiger partial charge in [-0.25, -0.2) is 0 Å². The fourth-order valence-corrected chi connectivity index (χ4v) is 2.92. The number of rotatable bonds is 1. The standard InChI is InChI=1S/C15H15N2O3/c1-8-5-9(2)11-7-17(15(20)10(11)6-8)12-3-4-13(18)16-14(12)19/h5-6,12H,1,3-4,7H2,2H3,(H,16,18,19). The molecule has 5 heteroatoms. The summed E-state index contributed by atoms with van der Waals surface area (Å²) in [4.78, 5) is 37.1. The van der Waals surface area contributed by atoms with Crippen LogP contribution < -0.4 is 5.32 Å². The van der Waals surface area contributed by atoms with E-state index in [9.17, 15) is 14.4 Å². The Morgan fingerprint density at radius 1 is 1.30 bits per heavy atom. The molecule has 103 valence electrons. The molecular formula is C15H15N2O3. The van der Waals surface area contributed by atoms with Gasteiger partial charge in [0.2, 0.25) is 11.8 Å². The van der Waals surface area contributed by atoms with E-state index in [4.69, 9.17) is 0 Å². The smallest absolute Gasteiger partial charge is 0.255 e. The van der Waals surface area contributed by atoms with Crippen molar-refractivity contribution < 1.29 is 14.4 Å². The quantitative estimate of drug-likeness (QED) is 0.773. The molecule has 0 aliphatic carbocycles. The number of carbonyl (C=O) groups excluding carboxylic acids is 3. The van der Waals surface area contributed by atoms with E-state index in [2.05, 4.69) is 12.2 Å². The number of fused-ring (bicyclic) bond motifs is 1. The molecule has 1 saturated heterocycles. The lowest BCUT2D eigenvalue weighted by molar-refractivity contribution is -0.136. The lowest BCUT2D eigenvalue weighted by Gasteiger charge is -2.29. The van der Waals surface area contributed by atoms with Gasteiger partial charge in [-0.15, -0.1) is 0 Å². The summed E-state index contributed by atoms with van der Waals surface area (Å²) in [6.45, 7) is 6.22. The Morgan fingerprint density at radius 2 is 2.05 bits per heavy atom. The third-order valence-corrected chi connectivity index (χ3v) is 3.94. The van der Waals surface area contributed by atoms with E-state index < -0.39 is 6.04 Å². The molecule has 0 saturated carbocycles. The number of nitrogens with zero attached hydrogens (tertiary/aromatic N) is 1. The molecule has 0 spiro atoms. The zero-order valence-electron chi connectivity index (χ0n) is 11.2. The molecular weight excluding hydrogens is 256 g/mol. The van der Waals surface area contributed by atoms with Crippen LogP contribution in [-0.2, 0) is 16.1 Å². The maximum absolute atomic E-state index is 12.5. The first-order valence-electron chi connectivity index (χ1n) is 6.57. The van der Waals surface area contributed by atoms with Crippen LogP contribution in [0.4, 0.5) is 0 Å². The van der Waals surface area contributed by atoms with Crippen LogP contribution >= 0.6 is 0 Å². The van der Waals surface area contributed by atoms with Crippen molar-refractivity contribution in [2.24, 2.45) is 0 Å². The molecule has 2 aliphatic rings. The molecule has 1 N–H and O–H groups in total. The molecule has 1 aromatic carbocycles. The van der Waals surface area contributed by atoms with Crippen LogP contribution in [0.1, 0.15) is 39.9 Å². The van der Waals surface area contributed by atoms with Crippen LogP contribution in [0.25, 0.3) is 0 Å². The molecule has 1 unspecified atom stereocenters. The minimum absolute atomic E-state index is 0.150. The Kier molecular flexibility index (Phi) is 2.85. The molecule has 0 bridgehead atoms. The van der Waals surface area contributed by atoms with Gasteiger partial charge in [0.25, 0.3) is 5.91 Å². The Hall–Kier alpha value is -2.17. The van der Waals surface area contributed by atoms with Crippen molar-refractivity contribution in [2.45, 2.75) is 32.4 Å². The van der Waals surface area contributed by atoms with Gasteiger partial charge in [0.05, 0.1) is 0 Å². The molecule has 1 radical (unpaired) electrons. The summed E-state index contributed by atoms with van der Waals surface area (Å²) in [5, 5.41) is 2.30. The second kappa shape index (κ2) is 4.44. The molecule has 3 rings (SSSR count). The van der Waals surface area contributed by atoms with Crippen molar-refractivity contribution in [1.29, 1.82) is 0 Å². The van der Waals surface area contributed by atoms with Gasteiger partial charge in [0.15, 0.2) is 0 Å². The lowest BCUT2D eigenvalue weighted by atomic mass is 10.0. The summed E-state index contributed by atoms with van der Waals surface area (Å²) in [6.07, 6.45) is 0.663. The molecule has 1 fully saturated rings. The van der Waals surface area contributed by atoms with E-state index in [-0.39, 0.29) is 24.1 Å². The number of benzene rings is 1. The Balaban J connectivity index is 1.92. The molecule has 2 heterocycles. The topological polar surface area (TPSA) is 66.5 Å². The largest absolute Gasteiger partial charge is 0.322 e. The van der Waals surface area contributed by atoms with Crippen LogP contribution in [0.2, 0.25) is 0 Å². The summed E-state index contributed by atoms with van der Waals surface area (Å²) in [5.41, 5.74) is 3.38. The van der Waals surface area contributed by atoms with Gasteiger partial charge in [-0.1, -0.05) is 6.07 Å². The van der Waals surface area contributed by atoms with Gasteiger partial charge in [0.1, 0.15) is 6.04 Å². The summed E-state index contributed by atoms with van der Waals surface area (Å²) in [7, 11) is 0. The van der Waals surface area contributed by atoms with Crippen LogP contribution in [0.15, 0.2) is 12.1 Å². The highest BCUT2D eigenvalue weighted by Gasteiger charge is 2.39. The van der Waals surface area contributed by atoms with Crippen LogP contribution in [0.3, 0.4) is 0 Å². The first-order chi connectivity index (χ1) is 9.47. The van der Waals surface area contributed by atoms with Gasteiger partial charge in [-0.3, -0.25) is 19.7 Å². The summed E-state index contributed by atoms with van der Waals surface area (Å²) in [5.74, 6) is -0.801. The van der Waals surface area contributed by atoms with Gasteiger partial charge in [0, 0.05) is 18.5 Å². The van der Waals surface area contributed by atoms with Crippen LogP contribution in [-0.4, -0.2) is 28.7 Å². The van der Waals surface area contributed by atoms with Crippen LogP contribution in [0.5, 0.6) is 0 Å². The van der Waals surface area contributed by atoms with Crippen molar-refractivity contribution >= 4 is 17.7 Å². The Labute approximate surface area is 116 Å². The fraction of sp³-hybridized carbons (Fsp3) is 0.333. The van der Waals surface area contributed by atoms with E-state index in [1.165, 1.54) is 0 Å². The van der Waals surface area contributed by atoms with E-state index in [1.807, 2.05) is 13.0 Å². The normalized spacial score (nSPS) is 22.0. The van der Waals surface area contributed by atoms with E-state index in [0.29, 0.717) is 18.5 Å². The zero-order chi connectivity index (χ0) is 14.4. The van der Waals surface area contributed by atoms with E-state index in [1.54, 1.807) is 11.0 Å². The predicted octanol–water partition coefficient (Wildman–Crippen LogP) is 0.938.